The van der Waals surface area contributed by atoms with E-state index in [1.54, 1.807) is 25.3 Å². The molecule has 2 bridgehead atoms. The number of nitrogens with zero attached hydrogens (tertiary/aromatic N) is 1. The number of anilines is 1. The summed E-state index contributed by atoms with van der Waals surface area (Å²) in [5, 5.41) is 14.6. The first-order valence-corrected chi connectivity index (χ1v) is 8.59. The fourth-order valence-corrected chi connectivity index (χ4v) is 2.97. The van der Waals surface area contributed by atoms with E-state index in [9.17, 15) is 9.59 Å². The van der Waals surface area contributed by atoms with Crippen molar-refractivity contribution >= 4 is 17.7 Å². The summed E-state index contributed by atoms with van der Waals surface area (Å²) < 4.78 is 5.23. The number of carboxylic acid groups (broad SMARTS) is 1. The minimum absolute atomic E-state index is 0.179. The van der Waals surface area contributed by atoms with Crippen LogP contribution in [-0.2, 0) is 4.79 Å². The van der Waals surface area contributed by atoms with Gasteiger partial charge in [0.25, 0.3) is 0 Å². The number of amides is 2. The minimum Gasteiger partial charge on any atom is -0.495 e. The van der Waals surface area contributed by atoms with Gasteiger partial charge in [-0.15, -0.1) is 0 Å². The molecule has 2 amide bonds. The van der Waals surface area contributed by atoms with Crippen molar-refractivity contribution < 1.29 is 19.4 Å². The first kappa shape index (κ1) is 18.4. The van der Waals surface area contributed by atoms with E-state index in [0.717, 1.165) is 11.1 Å². The van der Waals surface area contributed by atoms with E-state index in [1.165, 1.54) is 7.11 Å². The summed E-state index contributed by atoms with van der Waals surface area (Å²) in [7, 11) is 1.54. The molecule has 0 unspecified atom stereocenters. The SMILES string of the molecule is COc1cnc2c(c1)NC(=O)[C@H](C)/C=C/C[C@H](NC(=O)O)c1cccc-2c1. The maximum absolute atomic E-state index is 12.5. The van der Waals surface area contributed by atoms with Crippen molar-refractivity contribution in [1.29, 1.82) is 0 Å². The minimum atomic E-state index is -1.10. The molecule has 0 aliphatic carbocycles. The number of methoxy groups -OCH3 is 1. The number of rotatable bonds is 2. The van der Waals surface area contributed by atoms with Gasteiger partial charge in [-0.25, -0.2) is 4.79 Å². The van der Waals surface area contributed by atoms with Gasteiger partial charge >= 0.3 is 6.09 Å². The highest BCUT2D eigenvalue weighted by molar-refractivity contribution is 5.97. The molecule has 2 aromatic rings. The number of pyridine rings is 1. The van der Waals surface area contributed by atoms with Crippen LogP contribution in [0.3, 0.4) is 0 Å². The summed E-state index contributed by atoms with van der Waals surface area (Å²) in [6, 6.07) is 8.77. The Morgan fingerprint density at radius 3 is 2.93 bits per heavy atom. The first-order chi connectivity index (χ1) is 13.0. The predicted molar refractivity (Wildman–Crippen MR) is 102 cm³/mol. The Hall–Kier alpha value is -3.35. The molecule has 3 N–H and O–H groups in total. The van der Waals surface area contributed by atoms with E-state index < -0.39 is 12.1 Å². The van der Waals surface area contributed by atoms with Gasteiger partial charge in [0.15, 0.2) is 0 Å². The molecule has 1 aromatic carbocycles. The van der Waals surface area contributed by atoms with Crippen LogP contribution < -0.4 is 15.4 Å². The van der Waals surface area contributed by atoms with Crippen molar-refractivity contribution in [2.75, 3.05) is 12.4 Å². The molecule has 7 heteroatoms. The molecule has 0 saturated heterocycles. The number of hydrogen-bond donors (Lipinski definition) is 3. The van der Waals surface area contributed by atoms with Crippen LogP contribution in [0.2, 0.25) is 0 Å². The lowest BCUT2D eigenvalue weighted by atomic mass is 9.97. The molecule has 27 heavy (non-hydrogen) atoms. The Morgan fingerprint density at radius 2 is 2.19 bits per heavy atom. The number of nitrogens with one attached hydrogen (secondary N) is 2. The van der Waals surface area contributed by atoms with E-state index in [2.05, 4.69) is 15.6 Å². The lowest BCUT2D eigenvalue weighted by Gasteiger charge is -2.19. The maximum Gasteiger partial charge on any atom is 0.405 e. The monoisotopic (exact) mass is 367 g/mol. The highest BCUT2D eigenvalue weighted by Crippen LogP contribution is 2.32. The zero-order valence-corrected chi connectivity index (χ0v) is 15.1. The van der Waals surface area contributed by atoms with Gasteiger partial charge in [-0.1, -0.05) is 37.3 Å². The summed E-state index contributed by atoms with van der Waals surface area (Å²) in [5.41, 5.74) is 2.74. The molecule has 0 radical (unpaired) electrons. The average Bonchev–Trinajstić information content (AvgIpc) is 2.66. The molecule has 1 aliphatic rings. The topological polar surface area (TPSA) is 101 Å². The zero-order valence-electron chi connectivity index (χ0n) is 15.1. The second-order valence-electron chi connectivity index (χ2n) is 6.34. The van der Waals surface area contributed by atoms with Gasteiger partial charge in [0.05, 0.1) is 36.6 Å². The molecule has 140 valence electrons. The molecule has 0 fully saturated rings. The lowest BCUT2D eigenvalue weighted by Crippen LogP contribution is -2.26. The molecule has 1 aliphatic heterocycles. The van der Waals surface area contributed by atoms with Crippen LogP contribution in [0, 0.1) is 5.92 Å². The van der Waals surface area contributed by atoms with Gasteiger partial charge in [0.2, 0.25) is 5.91 Å². The van der Waals surface area contributed by atoms with Crippen LogP contribution in [0.25, 0.3) is 11.3 Å². The van der Waals surface area contributed by atoms with E-state index in [-0.39, 0.29) is 11.8 Å². The number of benzene rings is 1. The molecule has 0 spiro atoms. The molecule has 0 saturated carbocycles. The fraction of sp³-hybridized carbons (Fsp3) is 0.250. The molecule has 3 rings (SSSR count). The highest BCUT2D eigenvalue weighted by atomic mass is 16.5. The Morgan fingerprint density at radius 1 is 1.37 bits per heavy atom. The van der Waals surface area contributed by atoms with Gasteiger partial charge in [0, 0.05) is 11.6 Å². The van der Waals surface area contributed by atoms with Crippen LogP contribution in [-0.4, -0.2) is 29.2 Å². The predicted octanol–water partition coefficient (Wildman–Crippen LogP) is 3.60. The largest absolute Gasteiger partial charge is 0.495 e. The van der Waals surface area contributed by atoms with Crippen molar-refractivity contribution in [3.8, 4) is 17.0 Å². The Bertz CT molecular complexity index is 895. The second-order valence-corrected chi connectivity index (χ2v) is 6.34. The van der Waals surface area contributed by atoms with Crippen LogP contribution in [0.5, 0.6) is 5.75 Å². The van der Waals surface area contributed by atoms with Crippen LogP contribution in [0.1, 0.15) is 24.9 Å². The summed E-state index contributed by atoms with van der Waals surface area (Å²) in [6.45, 7) is 1.78. The number of aromatic nitrogens is 1. The Kier molecular flexibility index (Phi) is 5.40. The van der Waals surface area contributed by atoms with Gasteiger partial charge in [-0.3, -0.25) is 9.78 Å². The molecule has 7 nitrogen and oxygen atoms in total. The zero-order chi connectivity index (χ0) is 19.4. The Balaban J connectivity index is 2.14. The molecular weight excluding hydrogens is 346 g/mol. The van der Waals surface area contributed by atoms with E-state index in [1.807, 2.05) is 30.3 Å². The molecular formula is C20H21N3O4. The van der Waals surface area contributed by atoms with Crippen molar-refractivity contribution in [3.05, 3.63) is 54.2 Å². The maximum atomic E-state index is 12.5. The lowest BCUT2D eigenvalue weighted by molar-refractivity contribution is -0.118. The standard InChI is InChI=1S/C20H21N3O4/c1-12-5-3-8-16(23-20(25)26)13-6-4-7-14(9-13)18-17(22-19(12)24)10-15(27-2)11-21-18/h3-7,9-12,16,23H,8H2,1-2H3,(H,22,24)(H,25,26)/b5-3+/t12-,16+/m1/s1. The third-order valence-electron chi connectivity index (χ3n) is 4.43. The van der Waals surface area contributed by atoms with Crippen LogP contribution in [0.15, 0.2) is 48.7 Å². The van der Waals surface area contributed by atoms with Gasteiger partial charge < -0.3 is 20.5 Å². The summed E-state index contributed by atoms with van der Waals surface area (Å²) in [6.07, 6.45) is 4.52. The normalized spacial score (nSPS) is 20.3. The smallest absolute Gasteiger partial charge is 0.405 e. The van der Waals surface area contributed by atoms with Crippen molar-refractivity contribution in [2.45, 2.75) is 19.4 Å². The molecule has 2 atom stereocenters. The Labute approximate surface area is 157 Å². The van der Waals surface area contributed by atoms with Gasteiger partial charge in [-0.05, 0) is 18.1 Å². The quantitative estimate of drug-likeness (QED) is 0.704. The highest BCUT2D eigenvalue weighted by Gasteiger charge is 2.19. The number of fused-ring (bicyclic) bond motifs is 4. The number of hydrogen-bond acceptors (Lipinski definition) is 4. The van der Waals surface area contributed by atoms with Crippen LogP contribution >= 0.6 is 0 Å². The third kappa shape index (κ3) is 4.25. The summed E-state index contributed by atoms with van der Waals surface area (Å²) in [4.78, 5) is 28.2. The van der Waals surface area contributed by atoms with Crippen molar-refractivity contribution in [1.82, 2.24) is 10.3 Å². The molecule has 2 heterocycles. The number of carbonyl (C=O) groups excluding carboxylic acids is 1. The van der Waals surface area contributed by atoms with Crippen LogP contribution in [0.4, 0.5) is 10.5 Å². The fourth-order valence-electron chi connectivity index (χ4n) is 2.97. The molecule has 1 aromatic heterocycles. The second kappa shape index (κ2) is 7.90. The number of ether oxygens (including phenoxy) is 1. The van der Waals surface area contributed by atoms with E-state index in [0.29, 0.717) is 23.6 Å². The van der Waals surface area contributed by atoms with Crippen molar-refractivity contribution in [3.63, 3.8) is 0 Å². The number of carbonyl (C=O) groups is 2. The summed E-state index contributed by atoms with van der Waals surface area (Å²) >= 11 is 0. The third-order valence-corrected chi connectivity index (χ3v) is 4.43. The first-order valence-electron chi connectivity index (χ1n) is 8.59. The van der Waals surface area contributed by atoms with E-state index in [4.69, 9.17) is 9.84 Å². The van der Waals surface area contributed by atoms with Crippen molar-refractivity contribution in [2.24, 2.45) is 5.92 Å². The summed E-state index contributed by atoms with van der Waals surface area (Å²) in [5.74, 6) is -0.0276. The van der Waals surface area contributed by atoms with E-state index >= 15 is 0 Å². The van der Waals surface area contributed by atoms with Gasteiger partial charge in [0.1, 0.15) is 5.75 Å². The average molecular weight is 367 g/mol. The van der Waals surface area contributed by atoms with Gasteiger partial charge in [-0.2, -0.15) is 0 Å².